The Bertz CT molecular complexity index is 341. The van der Waals surface area contributed by atoms with Crippen molar-refractivity contribution in [2.75, 3.05) is 13.6 Å². The summed E-state index contributed by atoms with van der Waals surface area (Å²) in [7, 11) is 2.14. The Kier molecular flexibility index (Phi) is 5.96. The van der Waals surface area contributed by atoms with Crippen molar-refractivity contribution in [3.63, 3.8) is 0 Å². The van der Waals surface area contributed by atoms with Gasteiger partial charge in [-0.2, -0.15) is 0 Å². The van der Waals surface area contributed by atoms with E-state index in [-0.39, 0.29) is 0 Å². The van der Waals surface area contributed by atoms with Crippen LogP contribution in [-0.4, -0.2) is 24.5 Å². The third kappa shape index (κ3) is 3.98. The summed E-state index contributed by atoms with van der Waals surface area (Å²) in [5, 5.41) is 0.794. The lowest BCUT2D eigenvalue weighted by atomic mass is 10.0. The maximum Gasteiger partial charge on any atom is 0.0409 e. The maximum atomic E-state index is 6.03. The van der Waals surface area contributed by atoms with Crippen molar-refractivity contribution >= 4 is 11.6 Å². The zero-order valence-corrected chi connectivity index (χ0v) is 11.7. The molecule has 0 saturated carbocycles. The second kappa shape index (κ2) is 7.00. The first kappa shape index (κ1) is 14.5. The number of benzene rings is 1. The maximum absolute atomic E-state index is 6.03. The van der Waals surface area contributed by atoms with Crippen LogP contribution in [0.2, 0.25) is 5.02 Å². The number of hydrogen-bond donors (Lipinski definition) is 1. The van der Waals surface area contributed by atoms with E-state index >= 15 is 0 Å². The highest BCUT2D eigenvalue weighted by molar-refractivity contribution is 6.30. The first-order valence-corrected chi connectivity index (χ1v) is 6.65. The van der Waals surface area contributed by atoms with Crippen LogP contribution in [0.5, 0.6) is 0 Å². The SMILES string of the molecule is CCCC(CN)N(C)C(C)c1cccc(Cl)c1. The van der Waals surface area contributed by atoms with E-state index in [1.807, 2.05) is 18.2 Å². The highest BCUT2D eigenvalue weighted by Gasteiger charge is 2.19. The summed E-state index contributed by atoms with van der Waals surface area (Å²) >= 11 is 6.03. The molecule has 2 N–H and O–H groups in total. The zero-order valence-electron chi connectivity index (χ0n) is 11.0. The molecule has 3 heteroatoms. The molecule has 0 saturated heterocycles. The van der Waals surface area contributed by atoms with Crippen molar-refractivity contribution < 1.29 is 0 Å². The minimum atomic E-state index is 0.341. The zero-order chi connectivity index (χ0) is 12.8. The van der Waals surface area contributed by atoms with Gasteiger partial charge < -0.3 is 5.73 Å². The fraction of sp³-hybridized carbons (Fsp3) is 0.571. The molecule has 1 aromatic rings. The molecule has 0 aliphatic heterocycles. The molecule has 1 rings (SSSR count). The van der Waals surface area contributed by atoms with Gasteiger partial charge in [0.05, 0.1) is 0 Å². The average molecular weight is 255 g/mol. The molecule has 0 heterocycles. The molecular weight excluding hydrogens is 232 g/mol. The van der Waals surface area contributed by atoms with Crippen LogP contribution < -0.4 is 5.73 Å². The van der Waals surface area contributed by atoms with Crippen LogP contribution in [0, 0.1) is 0 Å². The third-order valence-electron chi connectivity index (χ3n) is 3.41. The molecule has 0 aromatic heterocycles. The molecule has 2 nitrogen and oxygen atoms in total. The van der Waals surface area contributed by atoms with Crippen LogP contribution in [-0.2, 0) is 0 Å². The van der Waals surface area contributed by atoms with Crippen molar-refractivity contribution in [2.45, 2.75) is 38.8 Å². The van der Waals surface area contributed by atoms with Crippen molar-refractivity contribution in [1.29, 1.82) is 0 Å². The minimum absolute atomic E-state index is 0.341. The second-order valence-electron chi connectivity index (χ2n) is 4.57. The van der Waals surface area contributed by atoms with Crippen LogP contribution in [0.3, 0.4) is 0 Å². The van der Waals surface area contributed by atoms with Gasteiger partial charge in [0.15, 0.2) is 0 Å². The van der Waals surface area contributed by atoms with E-state index in [1.54, 1.807) is 0 Å². The topological polar surface area (TPSA) is 29.3 Å². The van der Waals surface area contributed by atoms with Crippen LogP contribution >= 0.6 is 11.6 Å². The van der Waals surface area contributed by atoms with Gasteiger partial charge in [-0.3, -0.25) is 4.90 Å². The van der Waals surface area contributed by atoms with E-state index in [9.17, 15) is 0 Å². The standard InChI is InChI=1S/C14H23ClN2/c1-4-6-14(10-16)17(3)11(2)12-7-5-8-13(15)9-12/h5,7-9,11,14H,4,6,10,16H2,1-3H3. The molecule has 0 spiro atoms. The summed E-state index contributed by atoms with van der Waals surface area (Å²) in [6.45, 7) is 5.10. The fourth-order valence-electron chi connectivity index (χ4n) is 2.14. The molecule has 96 valence electrons. The van der Waals surface area contributed by atoms with E-state index < -0.39 is 0 Å². The summed E-state index contributed by atoms with van der Waals surface area (Å²) < 4.78 is 0. The van der Waals surface area contributed by atoms with Crippen LogP contribution in [0.15, 0.2) is 24.3 Å². The summed E-state index contributed by atoms with van der Waals surface area (Å²) in [4.78, 5) is 2.34. The Labute approximate surface area is 110 Å². The molecule has 1 aromatic carbocycles. The van der Waals surface area contributed by atoms with Gasteiger partial charge in [-0.05, 0) is 38.1 Å². The molecule has 17 heavy (non-hydrogen) atoms. The first-order chi connectivity index (χ1) is 8.10. The molecule has 2 atom stereocenters. The monoisotopic (exact) mass is 254 g/mol. The van der Waals surface area contributed by atoms with Crippen LogP contribution in [0.25, 0.3) is 0 Å². The van der Waals surface area contributed by atoms with Gasteiger partial charge in [-0.15, -0.1) is 0 Å². The number of likely N-dealkylation sites (N-methyl/N-ethyl adjacent to an activating group) is 1. The molecule has 0 bridgehead atoms. The Hall–Kier alpha value is -0.570. The highest BCUT2D eigenvalue weighted by atomic mass is 35.5. The van der Waals surface area contributed by atoms with Crippen LogP contribution in [0.1, 0.15) is 38.3 Å². The summed E-state index contributed by atoms with van der Waals surface area (Å²) in [5.74, 6) is 0. The normalized spacial score (nSPS) is 14.9. The van der Waals surface area contributed by atoms with Crippen molar-refractivity contribution in [2.24, 2.45) is 5.73 Å². The van der Waals surface area contributed by atoms with Gasteiger partial charge in [0.1, 0.15) is 0 Å². The molecule has 0 fully saturated rings. The fourth-order valence-corrected chi connectivity index (χ4v) is 2.34. The Balaban J connectivity index is 2.77. The van der Waals surface area contributed by atoms with E-state index in [4.69, 9.17) is 17.3 Å². The van der Waals surface area contributed by atoms with Gasteiger partial charge in [0.25, 0.3) is 0 Å². The van der Waals surface area contributed by atoms with Gasteiger partial charge in [-0.25, -0.2) is 0 Å². The molecule has 0 aliphatic rings. The average Bonchev–Trinajstić information content (AvgIpc) is 2.34. The highest BCUT2D eigenvalue weighted by Crippen LogP contribution is 2.24. The molecular formula is C14H23ClN2. The number of nitrogens with two attached hydrogens (primary N) is 1. The largest absolute Gasteiger partial charge is 0.329 e. The summed E-state index contributed by atoms with van der Waals surface area (Å²) in [5.41, 5.74) is 7.08. The minimum Gasteiger partial charge on any atom is -0.329 e. The van der Waals surface area contributed by atoms with Gasteiger partial charge in [0, 0.05) is 23.7 Å². The van der Waals surface area contributed by atoms with E-state index in [0.717, 1.165) is 17.9 Å². The Morgan fingerprint density at radius 3 is 2.65 bits per heavy atom. The van der Waals surface area contributed by atoms with Crippen molar-refractivity contribution in [3.05, 3.63) is 34.9 Å². The lowest BCUT2D eigenvalue weighted by Crippen LogP contribution is -2.39. The van der Waals surface area contributed by atoms with Gasteiger partial charge in [0.2, 0.25) is 0 Å². The van der Waals surface area contributed by atoms with E-state index in [2.05, 4.69) is 31.9 Å². The lowest BCUT2D eigenvalue weighted by molar-refractivity contribution is 0.179. The number of rotatable bonds is 6. The van der Waals surface area contributed by atoms with Gasteiger partial charge in [-0.1, -0.05) is 37.1 Å². The van der Waals surface area contributed by atoms with Gasteiger partial charge >= 0.3 is 0 Å². The molecule has 0 amide bonds. The Morgan fingerprint density at radius 2 is 2.12 bits per heavy atom. The van der Waals surface area contributed by atoms with Crippen molar-refractivity contribution in [1.82, 2.24) is 4.90 Å². The van der Waals surface area contributed by atoms with E-state index in [1.165, 1.54) is 5.56 Å². The predicted octanol–water partition coefficient (Wildman–Crippen LogP) is 3.46. The Morgan fingerprint density at radius 1 is 1.41 bits per heavy atom. The quantitative estimate of drug-likeness (QED) is 0.843. The molecule has 0 radical (unpaired) electrons. The molecule has 2 unspecified atom stereocenters. The van der Waals surface area contributed by atoms with Crippen molar-refractivity contribution in [3.8, 4) is 0 Å². The predicted molar refractivity (Wildman–Crippen MR) is 75.4 cm³/mol. The summed E-state index contributed by atoms with van der Waals surface area (Å²) in [6, 6.07) is 8.83. The third-order valence-corrected chi connectivity index (χ3v) is 3.65. The first-order valence-electron chi connectivity index (χ1n) is 6.27. The lowest BCUT2D eigenvalue weighted by Gasteiger charge is -2.32. The summed E-state index contributed by atoms with van der Waals surface area (Å²) in [6.07, 6.45) is 2.30. The second-order valence-corrected chi connectivity index (χ2v) is 5.01. The smallest absolute Gasteiger partial charge is 0.0409 e. The molecule has 0 aliphatic carbocycles. The van der Waals surface area contributed by atoms with E-state index in [0.29, 0.717) is 18.6 Å². The number of nitrogens with zero attached hydrogens (tertiary/aromatic N) is 1. The number of halogens is 1. The number of hydrogen-bond acceptors (Lipinski definition) is 2. The van der Waals surface area contributed by atoms with Crippen LogP contribution in [0.4, 0.5) is 0 Å².